The topological polar surface area (TPSA) is 76.7 Å². The van der Waals surface area contributed by atoms with E-state index in [1.165, 1.54) is 12.4 Å². The van der Waals surface area contributed by atoms with Gasteiger partial charge in [-0.1, -0.05) is 0 Å². The number of hydrogen-bond donors (Lipinski definition) is 0. The predicted octanol–water partition coefficient (Wildman–Crippen LogP) is 0.222. The van der Waals surface area contributed by atoms with Crippen LogP contribution in [0.4, 0.5) is 0 Å². The van der Waals surface area contributed by atoms with Crippen LogP contribution >= 0.6 is 0 Å². The highest BCUT2D eigenvalue weighted by molar-refractivity contribution is 6.01. The van der Waals surface area contributed by atoms with Gasteiger partial charge in [0.2, 0.25) is 0 Å². The maximum absolute atomic E-state index is 11.0. The molecule has 0 atom stereocenters. The third kappa shape index (κ3) is 1.16. The van der Waals surface area contributed by atoms with Crippen molar-refractivity contribution in [2.24, 2.45) is 10.2 Å². The van der Waals surface area contributed by atoms with Crippen molar-refractivity contribution in [1.29, 1.82) is 0 Å². The van der Waals surface area contributed by atoms with E-state index in [0.29, 0.717) is 18.8 Å². The average molecular weight is 178 g/mol. The smallest absolute Gasteiger partial charge is 0.289 e. The Labute approximate surface area is 73.2 Å². The zero-order valence-electron chi connectivity index (χ0n) is 6.67. The monoisotopic (exact) mass is 178 g/mol. The lowest BCUT2D eigenvalue weighted by atomic mass is 10.2. The van der Waals surface area contributed by atoms with E-state index in [-0.39, 0.29) is 5.56 Å². The van der Waals surface area contributed by atoms with E-state index in [2.05, 4.69) is 15.3 Å². The Balaban J connectivity index is 2.50. The minimum Gasteiger partial charge on any atom is -0.289 e. The van der Waals surface area contributed by atoms with E-state index in [4.69, 9.17) is 0 Å². The van der Waals surface area contributed by atoms with Crippen molar-refractivity contribution in [3.63, 3.8) is 0 Å². The molecule has 0 saturated carbocycles. The van der Waals surface area contributed by atoms with E-state index in [1.807, 2.05) is 0 Å². The molecule has 0 fully saturated rings. The van der Waals surface area contributed by atoms with Gasteiger partial charge in [0.1, 0.15) is 0 Å². The number of aliphatic imine (C=N–C) groups is 1. The van der Waals surface area contributed by atoms with Gasteiger partial charge in [0.25, 0.3) is 0 Å². The maximum Gasteiger partial charge on any atom is 0.320 e. The lowest BCUT2D eigenvalue weighted by Gasteiger charge is -2.06. The Morgan fingerprint density at radius 1 is 1.62 bits per heavy atom. The van der Waals surface area contributed by atoms with Crippen molar-refractivity contribution < 1.29 is 4.79 Å². The molecule has 1 aromatic heterocycles. The van der Waals surface area contributed by atoms with Crippen LogP contribution in [-0.4, -0.2) is 28.4 Å². The van der Waals surface area contributed by atoms with Gasteiger partial charge in [0, 0.05) is 11.4 Å². The molecule has 2 heterocycles. The van der Waals surface area contributed by atoms with Crippen LogP contribution in [0.25, 0.3) is 0 Å². The molecule has 1 amide bonds. The first-order valence-corrected chi connectivity index (χ1v) is 3.76. The second-order valence-corrected chi connectivity index (χ2v) is 2.60. The van der Waals surface area contributed by atoms with E-state index >= 15 is 0 Å². The van der Waals surface area contributed by atoms with E-state index < -0.39 is 5.91 Å². The van der Waals surface area contributed by atoms with Crippen LogP contribution in [0.1, 0.15) is 16.1 Å². The third-order valence-corrected chi connectivity index (χ3v) is 1.85. The molecule has 0 radical (unpaired) electrons. The fourth-order valence-corrected chi connectivity index (χ4v) is 1.23. The number of hydrogen-bond acceptors (Lipinski definition) is 4. The molecule has 0 saturated heterocycles. The van der Waals surface area contributed by atoms with Crippen molar-refractivity contribution in [2.45, 2.75) is 6.54 Å². The molecule has 6 heteroatoms. The van der Waals surface area contributed by atoms with Crippen molar-refractivity contribution in [1.82, 2.24) is 9.78 Å². The highest BCUT2D eigenvalue weighted by Gasteiger charge is 2.17. The number of rotatable bonds is 1. The largest absolute Gasteiger partial charge is 0.320 e. The molecule has 0 aliphatic carbocycles. The van der Waals surface area contributed by atoms with E-state index in [9.17, 15) is 9.70 Å². The van der Waals surface area contributed by atoms with Crippen LogP contribution in [0.3, 0.4) is 0 Å². The standard InChI is InChI=1S/C7H6N4O2/c12-7(10-13)5-3-9-11-2-1-8-4-6(5)11/h3-4H,1-2H2. The van der Waals surface area contributed by atoms with Gasteiger partial charge in [-0.05, 0) is 0 Å². The predicted molar refractivity (Wildman–Crippen MR) is 44.8 cm³/mol. The minimum absolute atomic E-state index is 0.221. The Bertz CT molecular complexity index is 393. The van der Waals surface area contributed by atoms with Crippen LogP contribution in [0.2, 0.25) is 0 Å². The molecule has 0 bridgehead atoms. The number of carbonyl (C=O) groups excluding carboxylic acids is 1. The molecule has 13 heavy (non-hydrogen) atoms. The van der Waals surface area contributed by atoms with Gasteiger partial charge in [0.15, 0.2) is 0 Å². The first-order valence-electron chi connectivity index (χ1n) is 3.76. The number of nitrogens with zero attached hydrogens (tertiary/aromatic N) is 4. The quantitative estimate of drug-likeness (QED) is 0.577. The second-order valence-electron chi connectivity index (χ2n) is 2.60. The van der Waals surface area contributed by atoms with E-state index in [0.717, 1.165) is 0 Å². The molecule has 0 spiro atoms. The number of nitroso groups, excluding NO2 is 1. The molecule has 1 aliphatic heterocycles. The number of carbonyl (C=O) groups is 1. The highest BCUT2D eigenvalue weighted by Crippen LogP contribution is 2.10. The lowest BCUT2D eigenvalue weighted by molar-refractivity contribution is 0.100. The van der Waals surface area contributed by atoms with Crippen LogP contribution in [0.15, 0.2) is 16.4 Å². The Morgan fingerprint density at radius 2 is 2.46 bits per heavy atom. The van der Waals surface area contributed by atoms with Crippen LogP contribution in [0.5, 0.6) is 0 Å². The number of amides is 1. The second kappa shape index (κ2) is 2.89. The molecule has 1 aromatic rings. The SMILES string of the molecule is O=NC(=O)c1cnn2c1C=NCC2. The Morgan fingerprint density at radius 3 is 3.23 bits per heavy atom. The normalized spacial score (nSPS) is 13.8. The first-order chi connectivity index (χ1) is 6.33. The zero-order chi connectivity index (χ0) is 9.26. The minimum atomic E-state index is -0.797. The van der Waals surface area contributed by atoms with Crippen molar-refractivity contribution in [3.8, 4) is 0 Å². The Hall–Kier alpha value is -1.85. The number of aromatic nitrogens is 2. The summed E-state index contributed by atoms with van der Waals surface area (Å²) in [5.41, 5.74) is 0.786. The summed E-state index contributed by atoms with van der Waals surface area (Å²) in [5, 5.41) is 6.27. The van der Waals surface area contributed by atoms with Gasteiger partial charge in [0.05, 0.1) is 30.5 Å². The fraction of sp³-hybridized carbons (Fsp3) is 0.286. The van der Waals surface area contributed by atoms with Gasteiger partial charge in [-0.2, -0.15) is 5.10 Å². The molecular weight excluding hydrogens is 172 g/mol. The molecule has 0 aromatic carbocycles. The van der Waals surface area contributed by atoms with Gasteiger partial charge >= 0.3 is 5.91 Å². The van der Waals surface area contributed by atoms with Gasteiger partial charge < -0.3 is 0 Å². The van der Waals surface area contributed by atoms with E-state index in [1.54, 1.807) is 4.68 Å². The lowest BCUT2D eigenvalue weighted by Crippen LogP contribution is -2.13. The molecule has 0 unspecified atom stereocenters. The summed E-state index contributed by atoms with van der Waals surface area (Å²) in [6.45, 7) is 1.29. The van der Waals surface area contributed by atoms with Crippen LogP contribution < -0.4 is 0 Å². The molecular formula is C7H6N4O2. The summed E-state index contributed by atoms with van der Waals surface area (Å²) in [7, 11) is 0. The van der Waals surface area contributed by atoms with Crippen LogP contribution in [-0.2, 0) is 6.54 Å². The molecule has 2 rings (SSSR count). The summed E-state index contributed by atoms with van der Waals surface area (Å²) >= 11 is 0. The summed E-state index contributed by atoms with van der Waals surface area (Å²) in [6.07, 6.45) is 2.88. The number of fused-ring (bicyclic) bond motifs is 1. The molecule has 0 N–H and O–H groups in total. The van der Waals surface area contributed by atoms with Crippen molar-refractivity contribution >= 4 is 12.1 Å². The highest BCUT2D eigenvalue weighted by atomic mass is 16.3. The summed E-state index contributed by atoms with van der Waals surface area (Å²) in [5.74, 6) is -0.797. The van der Waals surface area contributed by atoms with Crippen molar-refractivity contribution in [2.75, 3.05) is 6.54 Å². The summed E-state index contributed by atoms with van der Waals surface area (Å²) in [4.78, 5) is 24.9. The first kappa shape index (κ1) is 7.78. The van der Waals surface area contributed by atoms with Gasteiger partial charge in [-0.25, -0.2) is 0 Å². The van der Waals surface area contributed by atoms with Crippen molar-refractivity contribution in [3.05, 3.63) is 22.4 Å². The third-order valence-electron chi connectivity index (χ3n) is 1.85. The fourth-order valence-electron chi connectivity index (χ4n) is 1.23. The molecule has 1 aliphatic rings. The summed E-state index contributed by atoms with van der Waals surface area (Å²) in [6, 6.07) is 0. The van der Waals surface area contributed by atoms with Gasteiger partial charge in [-0.15, -0.1) is 4.91 Å². The Kier molecular flexibility index (Phi) is 1.73. The van der Waals surface area contributed by atoms with Crippen LogP contribution in [0, 0.1) is 4.91 Å². The molecule has 6 nitrogen and oxygen atoms in total. The maximum atomic E-state index is 11.0. The zero-order valence-corrected chi connectivity index (χ0v) is 6.67. The summed E-state index contributed by atoms with van der Waals surface area (Å²) < 4.78 is 1.63. The molecule has 66 valence electrons. The average Bonchev–Trinajstić information content (AvgIpc) is 2.60. The van der Waals surface area contributed by atoms with Gasteiger partial charge in [-0.3, -0.25) is 14.5 Å².